The number of hydrogen-bond acceptors (Lipinski definition) is 4. The van der Waals surface area contributed by atoms with Crippen molar-refractivity contribution < 1.29 is 14.4 Å². The van der Waals surface area contributed by atoms with Gasteiger partial charge in [-0.05, 0) is 31.9 Å². The van der Waals surface area contributed by atoms with Crippen LogP contribution in [0.5, 0.6) is 0 Å². The summed E-state index contributed by atoms with van der Waals surface area (Å²) in [5, 5.41) is 4.99. The molecule has 0 aromatic carbocycles. The number of thioether (sulfide) groups is 1. The number of hydrogen-bond donors (Lipinski definition) is 2. The third-order valence-corrected chi connectivity index (χ3v) is 4.76. The van der Waals surface area contributed by atoms with Gasteiger partial charge in [-0.25, -0.2) is 0 Å². The molecule has 0 bridgehead atoms. The molecule has 2 saturated heterocycles. The Hall–Kier alpha value is -1.04. The van der Waals surface area contributed by atoms with Gasteiger partial charge < -0.3 is 5.32 Å². The molecule has 0 aliphatic carbocycles. The van der Waals surface area contributed by atoms with Crippen molar-refractivity contribution in [2.45, 2.75) is 43.4 Å². The summed E-state index contributed by atoms with van der Waals surface area (Å²) in [6.07, 6.45) is 2.57. The normalized spacial score (nSPS) is 33.4. The second-order valence-electron chi connectivity index (χ2n) is 4.66. The first kappa shape index (κ1) is 12.4. The molecule has 2 fully saturated rings. The fourth-order valence-corrected chi connectivity index (χ4v) is 3.32. The van der Waals surface area contributed by atoms with Crippen LogP contribution < -0.4 is 10.6 Å². The minimum atomic E-state index is -0.557. The predicted molar refractivity (Wildman–Crippen MR) is 64.4 cm³/mol. The molecule has 17 heavy (non-hydrogen) atoms. The van der Waals surface area contributed by atoms with Gasteiger partial charge in [-0.3, -0.25) is 19.7 Å². The summed E-state index contributed by atoms with van der Waals surface area (Å²) in [5.74, 6) is 0.247. The van der Waals surface area contributed by atoms with E-state index in [4.69, 9.17) is 0 Å². The van der Waals surface area contributed by atoms with Crippen molar-refractivity contribution >= 4 is 29.5 Å². The molecular weight excluding hydrogens is 240 g/mol. The fraction of sp³-hybridized carbons (Fsp3) is 0.727. The maximum Gasteiger partial charge on any atom is 0.249 e. The Morgan fingerprint density at radius 1 is 1.53 bits per heavy atom. The molecule has 5 nitrogen and oxygen atoms in total. The topological polar surface area (TPSA) is 75.3 Å². The van der Waals surface area contributed by atoms with Crippen molar-refractivity contribution in [1.82, 2.24) is 10.6 Å². The summed E-state index contributed by atoms with van der Waals surface area (Å²) in [6, 6.07) is -0.557. The van der Waals surface area contributed by atoms with Crippen molar-refractivity contribution in [3.63, 3.8) is 0 Å². The molecule has 2 N–H and O–H groups in total. The Kier molecular flexibility index (Phi) is 3.42. The third-order valence-electron chi connectivity index (χ3n) is 3.24. The van der Waals surface area contributed by atoms with Gasteiger partial charge in [0.2, 0.25) is 17.7 Å². The lowest BCUT2D eigenvalue weighted by atomic mass is 10.0. The van der Waals surface area contributed by atoms with Gasteiger partial charge in [0.15, 0.2) is 0 Å². The maximum absolute atomic E-state index is 12.1. The van der Waals surface area contributed by atoms with E-state index in [9.17, 15) is 14.4 Å². The Bertz CT molecular complexity index is 364. The van der Waals surface area contributed by atoms with Crippen LogP contribution in [-0.4, -0.2) is 34.3 Å². The van der Waals surface area contributed by atoms with Crippen molar-refractivity contribution in [3.05, 3.63) is 0 Å². The first-order valence-electron chi connectivity index (χ1n) is 5.80. The predicted octanol–water partition coefficient (Wildman–Crippen LogP) is 0.193. The van der Waals surface area contributed by atoms with Crippen LogP contribution in [0.3, 0.4) is 0 Å². The highest BCUT2D eigenvalue weighted by Crippen LogP contribution is 2.37. The Morgan fingerprint density at radius 3 is 2.88 bits per heavy atom. The van der Waals surface area contributed by atoms with E-state index in [1.807, 2.05) is 6.92 Å². The second-order valence-corrected chi connectivity index (χ2v) is 6.26. The van der Waals surface area contributed by atoms with Gasteiger partial charge in [0.1, 0.15) is 6.04 Å². The largest absolute Gasteiger partial charge is 0.343 e. The van der Waals surface area contributed by atoms with Crippen LogP contribution in [0.1, 0.15) is 32.6 Å². The minimum absolute atomic E-state index is 0.0884. The van der Waals surface area contributed by atoms with Gasteiger partial charge >= 0.3 is 0 Å². The quantitative estimate of drug-likeness (QED) is 0.692. The summed E-state index contributed by atoms with van der Waals surface area (Å²) >= 11 is 1.63. The molecule has 2 heterocycles. The lowest BCUT2D eigenvalue weighted by molar-refractivity contribution is -0.137. The van der Waals surface area contributed by atoms with Crippen molar-refractivity contribution in [2.24, 2.45) is 0 Å². The molecule has 2 aliphatic heterocycles. The smallest absolute Gasteiger partial charge is 0.249 e. The van der Waals surface area contributed by atoms with E-state index in [-0.39, 0.29) is 17.7 Å². The van der Waals surface area contributed by atoms with Gasteiger partial charge in [-0.1, -0.05) is 0 Å². The summed E-state index contributed by atoms with van der Waals surface area (Å²) in [7, 11) is 0. The lowest BCUT2D eigenvalue weighted by Gasteiger charge is -2.27. The number of carbonyl (C=O) groups excluding carboxylic acids is 3. The summed E-state index contributed by atoms with van der Waals surface area (Å²) < 4.78 is -0.415. The third kappa shape index (κ3) is 2.62. The molecule has 2 rings (SSSR count). The highest BCUT2D eigenvalue weighted by Gasteiger charge is 2.39. The van der Waals surface area contributed by atoms with E-state index in [0.29, 0.717) is 12.8 Å². The molecule has 2 aliphatic rings. The Labute approximate surface area is 104 Å². The first-order valence-corrected chi connectivity index (χ1v) is 6.78. The van der Waals surface area contributed by atoms with E-state index in [1.165, 1.54) is 0 Å². The van der Waals surface area contributed by atoms with Crippen LogP contribution in [0.15, 0.2) is 0 Å². The molecule has 0 radical (unpaired) electrons. The number of piperidine rings is 1. The molecule has 0 spiro atoms. The van der Waals surface area contributed by atoms with Crippen LogP contribution in [0, 0.1) is 0 Å². The molecule has 6 heteroatoms. The van der Waals surface area contributed by atoms with Crippen LogP contribution in [-0.2, 0) is 14.4 Å². The number of carbonyl (C=O) groups is 3. The van der Waals surface area contributed by atoms with Crippen molar-refractivity contribution in [3.8, 4) is 0 Å². The SMILES string of the molecule is CC1(C(=O)NC2CCC(=O)NC2=O)CCCS1. The average molecular weight is 256 g/mol. The maximum atomic E-state index is 12.1. The molecule has 2 atom stereocenters. The van der Waals surface area contributed by atoms with E-state index >= 15 is 0 Å². The van der Waals surface area contributed by atoms with Crippen molar-refractivity contribution in [2.75, 3.05) is 5.75 Å². The molecule has 0 aromatic rings. The zero-order valence-electron chi connectivity index (χ0n) is 9.75. The Balaban J connectivity index is 1.94. The highest BCUT2D eigenvalue weighted by atomic mass is 32.2. The second kappa shape index (κ2) is 4.68. The zero-order chi connectivity index (χ0) is 12.5. The number of nitrogens with one attached hydrogen (secondary N) is 2. The van der Waals surface area contributed by atoms with Gasteiger partial charge in [-0.2, -0.15) is 0 Å². The Morgan fingerprint density at radius 2 is 2.29 bits per heavy atom. The molecule has 0 aromatic heterocycles. The van der Waals surface area contributed by atoms with Crippen molar-refractivity contribution in [1.29, 1.82) is 0 Å². The van der Waals surface area contributed by atoms with Gasteiger partial charge in [-0.15, -0.1) is 11.8 Å². The summed E-state index contributed by atoms with van der Waals surface area (Å²) in [4.78, 5) is 34.5. The molecular formula is C11H16N2O3S. The molecule has 3 amide bonds. The van der Waals surface area contributed by atoms with E-state index < -0.39 is 10.8 Å². The molecule has 0 saturated carbocycles. The van der Waals surface area contributed by atoms with Gasteiger partial charge in [0, 0.05) is 6.42 Å². The standard InChI is InChI=1S/C11H16N2O3S/c1-11(5-2-6-17-11)10(16)12-7-3-4-8(14)13-9(7)15/h7H,2-6H2,1H3,(H,12,16)(H,13,14,15). The monoisotopic (exact) mass is 256 g/mol. The van der Waals surface area contributed by atoms with E-state index in [1.54, 1.807) is 11.8 Å². The fourth-order valence-electron chi connectivity index (χ4n) is 2.10. The van der Waals surface area contributed by atoms with Crippen LogP contribution in [0.4, 0.5) is 0 Å². The first-order chi connectivity index (χ1) is 8.01. The molecule has 2 unspecified atom stereocenters. The zero-order valence-corrected chi connectivity index (χ0v) is 10.6. The van der Waals surface area contributed by atoms with E-state index in [2.05, 4.69) is 10.6 Å². The highest BCUT2D eigenvalue weighted by molar-refractivity contribution is 8.01. The lowest BCUT2D eigenvalue weighted by Crippen LogP contribution is -2.55. The number of amides is 3. The minimum Gasteiger partial charge on any atom is -0.343 e. The molecule has 94 valence electrons. The number of rotatable bonds is 2. The van der Waals surface area contributed by atoms with E-state index in [0.717, 1.165) is 18.6 Å². The summed E-state index contributed by atoms with van der Waals surface area (Å²) in [5.41, 5.74) is 0. The van der Waals surface area contributed by atoms with Gasteiger partial charge in [0.25, 0.3) is 0 Å². The average Bonchev–Trinajstić information content (AvgIpc) is 2.71. The van der Waals surface area contributed by atoms with Gasteiger partial charge in [0.05, 0.1) is 4.75 Å². The van der Waals surface area contributed by atoms with Crippen LogP contribution in [0.2, 0.25) is 0 Å². The summed E-state index contributed by atoms with van der Waals surface area (Å²) in [6.45, 7) is 1.91. The number of imide groups is 1. The van der Waals surface area contributed by atoms with Crippen LogP contribution in [0.25, 0.3) is 0 Å². The van der Waals surface area contributed by atoms with Crippen LogP contribution >= 0.6 is 11.8 Å².